The summed E-state index contributed by atoms with van der Waals surface area (Å²) in [7, 11) is -0.385. The first-order chi connectivity index (χ1) is 6.82. The zero-order valence-electron chi connectivity index (χ0n) is 9.96. The van der Waals surface area contributed by atoms with Crippen molar-refractivity contribution < 1.29 is 13.7 Å². The Balaban J connectivity index is 2.23. The molecule has 2 rings (SSSR count). The van der Waals surface area contributed by atoms with Gasteiger partial charge in [0, 0.05) is 0 Å². The predicted octanol–water partition coefficient (Wildman–Crippen LogP) is 1.89. The lowest BCUT2D eigenvalue weighted by molar-refractivity contribution is 0.00578. The fourth-order valence-corrected chi connectivity index (χ4v) is 1.54. The van der Waals surface area contributed by atoms with Crippen molar-refractivity contribution in [3.05, 3.63) is 17.9 Å². The Morgan fingerprint density at radius 1 is 1.07 bits per heavy atom. The van der Waals surface area contributed by atoms with Gasteiger partial charge in [-0.25, -0.2) is 0 Å². The molecule has 4 heteroatoms. The molecular formula is C11H17BO3. The minimum absolute atomic E-state index is 0.307. The first kappa shape index (κ1) is 10.8. The number of rotatable bonds is 1. The minimum atomic E-state index is -0.385. The van der Waals surface area contributed by atoms with Gasteiger partial charge < -0.3 is 13.7 Å². The molecule has 3 nitrogen and oxygen atoms in total. The highest BCUT2D eigenvalue weighted by molar-refractivity contribution is 6.60. The molecule has 2 heterocycles. The van der Waals surface area contributed by atoms with E-state index in [1.165, 1.54) is 0 Å². The van der Waals surface area contributed by atoms with Gasteiger partial charge in [0.15, 0.2) is 0 Å². The monoisotopic (exact) mass is 208 g/mol. The van der Waals surface area contributed by atoms with Crippen LogP contribution in [0.3, 0.4) is 0 Å². The topological polar surface area (TPSA) is 31.6 Å². The van der Waals surface area contributed by atoms with E-state index in [2.05, 4.69) is 0 Å². The van der Waals surface area contributed by atoms with Gasteiger partial charge in [-0.3, -0.25) is 0 Å². The van der Waals surface area contributed by atoms with Crippen molar-refractivity contribution in [3.63, 3.8) is 0 Å². The molecule has 0 aliphatic carbocycles. The first-order valence-corrected chi connectivity index (χ1v) is 5.22. The molecule has 0 atom stereocenters. The van der Waals surface area contributed by atoms with Crippen LogP contribution in [0.2, 0.25) is 0 Å². The Morgan fingerprint density at radius 3 is 2.00 bits per heavy atom. The average Bonchev–Trinajstić information content (AvgIpc) is 2.56. The number of furan rings is 1. The highest BCUT2D eigenvalue weighted by atomic mass is 16.7. The summed E-state index contributed by atoms with van der Waals surface area (Å²) in [6.45, 7) is 10.1. The molecule has 0 amide bonds. The molecule has 0 radical (unpaired) electrons. The number of aryl methyl sites for hydroxylation is 1. The van der Waals surface area contributed by atoms with Crippen LogP contribution < -0.4 is 5.66 Å². The third-order valence-corrected chi connectivity index (χ3v) is 3.24. The third-order valence-electron chi connectivity index (χ3n) is 3.24. The molecule has 0 aromatic carbocycles. The van der Waals surface area contributed by atoms with Crippen LogP contribution in [0.1, 0.15) is 33.3 Å². The molecule has 0 N–H and O–H groups in total. The van der Waals surface area contributed by atoms with E-state index in [0.29, 0.717) is 0 Å². The summed E-state index contributed by atoms with van der Waals surface area (Å²) >= 11 is 0. The SMILES string of the molecule is Cc1coc(B2OC(C)(C)C(C)(C)O2)c1. The average molecular weight is 208 g/mol. The quantitative estimate of drug-likeness (QED) is 0.660. The van der Waals surface area contributed by atoms with E-state index in [9.17, 15) is 0 Å². The number of hydrogen-bond acceptors (Lipinski definition) is 3. The summed E-state index contributed by atoms with van der Waals surface area (Å²) in [5.74, 6) is 0. The van der Waals surface area contributed by atoms with Gasteiger partial charge >= 0.3 is 7.12 Å². The smallest absolute Gasteiger partial charge is 0.473 e. The van der Waals surface area contributed by atoms with Crippen LogP contribution in [0.5, 0.6) is 0 Å². The second kappa shape index (κ2) is 3.13. The fourth-order valence-electron chi connectivity index (χ4n) is 1.54. The third kappa shape index (κ3) is 1.72. The molecule has 1 saturated heterocycles. The van der Waals surface area contributed by atoms with E-state index in [-0.39, 0.29) is 18.3 Å². The summed E-state index contributed by atoms with van der Waals surface area (Å²) in [6, 6.07) is 1.95. The van der Waals surface area contributed by atoms with E-state index >= 15 is 0 Å². The van der Waals surface area contributed by atoms with Crippen LogP contribution in [0.15, 0.2) is 16.7 Å². The van der Waals surface area contributed by atoms with Crippen LogP contribution in [0.4, 0.5) is 0 Å². The Labute approximate surface area is 90.9 Å². The Bertz CT molecular complexity index is 352. The summed E-state index contributed by atoms with van der Waals surface area (Å²) in [5.41, 5.74) is 1.21. The van der Waals surface area contributed by atoms with Crippen LogP contribution in [0.25, 0.3) is 0 Å². The van der Waals surface area contributed by atoms with Gasteiger partial charge in [0.1, 0.15) is 5.66 Å². The van der Waals surface area contributed by atoms with Gasteiger partial charge in [-0.15, -0.1) is 0 Å². The summed E-state index contributed by atoms with van der Waals surface area (Å²) in [6.07, 6.45) is 1.71. The van der Waals surface area contributed by atoms with Gasteiger partial charge in [-0.05, 0) is 46.2 Å². The lowest BCUT2D eigenvalue weighted by Crippen LogP contribution is -2.41. The van der Waals surface area contributed by atoms with E-state index in [1.54, 1.807) is 6.26 Å². The molecule has 0 unspecified atom stereocenters. The predicted molar refractivity (Wildman–Crippen MR) is 59.2 cm³/mol. The zero-order chi connectivity index (χ0) is 11.3. The van der Waals surface area contributed by atoms with Crippen LogP contribution in [-0.4, -0.2) is 18.3 Å². The first-order valence-electron chi connectivity index (χ1n) is 5.22. The van der Waals surface area contributed by atoms with Crippen LogP contribution in [0, 0.1) is 6.92 Å². The molecule has 1 aromatic heterocycles. The highest BCUT2D eigenvalue weighted by Crippen LogP contribution is 2.36. The maximum atomic E-state index is 5.85. The van der Waals surface area contributed by atoms with Gasteiger partial charge in [-0.2, -0.15) is 0 Å². The van der Waals surface area contributed by atoms with Crippen molar-refractivity contribution in [2.24, 2.45) is 0 Å². The molecule has 1 aliphatic heterocycles. The van der Waals surface area contributed by atoms with Gasteiger partial charge in [0.2, 0.25) is 0 Å². The fraction of sp³-hybridized carbons (Fsp3) is 0.636. The lowest BCUT2D eigenvalue weighted by atomic mass is 9.86. The second-order valence-electron chi connectivity index (χ2n) is 5.11. The summed E-state index contributed by atoms with van der Waals surface area (Å²) in [4.78, 5) is 0. The van der Waals surface area contributed by atoms with Crippen molar-refractivity contribution in [3.8, 4) is 0 Å². The Kier molecular flexibility index (Phi) is 2.24. The van der Waals surface area contributed by atoms with E-state index in [0.717, 1.165) is 11.2 Å². The van der Waals surface area contributed by atoms with Crippen molar-refractivity contribution in [2.45, 2.75) is 45.8 Å². The maximum absolute atomic E-state index is 5.85. The molecule has 0 bridgehead atoms. The maximum Gasteiger partial charge on any atom is 0.532 e. The Hall–Kier alpha value is -0.735. The van der Waals surface area contributed by atoms with Crippen molar-refractivity contribution in [2.75, 3.05) is 0 Å². The Morgan fingerprint density at radius 2 is 1.60 bits per heavy atom. The molecular weight excluding hydrogens is 191 g/mol. The van der Waals surface area contributed by atoms with Crippen molar-refractivity contribution in [1.82, 2.24) is 0 Å². The van der Waals surface area contributed by atoms with Gasteiger partial charge in [-0.1, -0.05) is 0 Å². The second-order valence-corrected chi connectivity index (χ2v) is 5.11. The molecule has 82 valence electrons. The normalized spacial score (nSPS) is 23.4. The van der Waals surface area contributed by atoms with E-state index in [4.69, 9.17) is 13.7 Å². The molecule has 1 aliphatic rings. The van der Waals surface area contributed by atoms with Crippen molar-refractivity contribution in [1.29, 1.82) is 0 Å². The molecule has 0 saturated carbocycles. The molecule has 0 spiro atoms. The lowest BCUT2D eigenvalue weighted by Gasteiger charge is -2.32. The zero-order valence-corrected chi connectivity index (χ0v) is 9.96. The minimum Gasteiger partial charge on any atom is -0.473 e. The largest absolute Gasteiger partial charge is 0.532 e. The van der Waals surface area contributed by atoms with Gasteiger partial charge in [0.05, 0.1) is 17.5 Å². The van der Waals surface area contributed by atoms with Crippen LogP contribution >= 0.6 is 0 Å². The molecule has 1 aromatic rings. The molecule has 1 fully saturated rings. The summed E-state index contributed by atoms with van der Waals surface area (Å²) < 4.78 is 17.1. The van der Waals surface area contributed by atoms with Crippen LogP contribution in [-0.2, 0) is 9.31 Å². The van der Waals surface area contributed by atoms with E-state index in [1.807, 2.05) is 40.7 Å². The highest BCUT2D eigenvalue weighted by Gasteiger charge is 2.52. The van der Waals surface area contributed by atoms with Gasteiger partial charge in [0.25, 0.3) is 0 Å². The van der Waals surface area contributed by atoms with Crippen molar-refractivity contribution >= 4 is 12.8 Å². The van der Waals surface area contributed by atoms with E-state index < -0.39 is 0 Å². The standard InChI is InChI=1S/C11H17BO3/c1-8-6-9(13-7-8)12-14-10(2,3)11(4,5)15-12/h6-7H,1-5H3. The summed E-state index contributed by atoms with van der Waals surface area (Å²) in [5, 5.41) is 0. The molecule has 15 heavy (non-hydrogen) atoms. The number of hydrogen-bond donors (Lipinski definition) is 0.